The van der Waals surface area contributed by atoms with Crippen LogP contribution in [0.4, 0.5) is 0 Å². The molecule has 0 aliphatic carbocycles. The number of hydrogen-bond acceptors (Lipinski definition) is 7. The van der Waals surface area contributed by atoms with Crippen LogP contribution in [0, 0.1) is 0 Å². The molecule has 0 aliphatic heterocycles. The number of allylic oxidation sites excluding steroid dienone is 8. The lowest BCUT2D eigenvalue weighted by atomic mass is 10.1. The topological polar surface area (TPSA) is 96.0 Å². The van der Waals surface area contributed by atoms with Gasteiger partial charge in [0.05, 0.1) is 7.11 Å². The summed E-state index contributed by atoms with van der Waals surface area (Å²) < 4.78 is 15.1. The molecule has 0 heterocycles. The van der Waals surface area contributed by atoms with Gasteiger partial charge < -0.3 is 14.2 Å². The molecule has 176 valence electrons. The largest absolute Gasteiger partial charge is 0.469 e. The summed E-state index contributed by atoms with van der Waals surface area (Å²) in [5.74, 6) is -1.27. The lowest BCUT2D eigenvalue weighted by molar-refractivity contribution is -0.158. The van der Waals surface area contributed by atoms with Crippen molar-refractivity contribution in [2.24, 2.45) is 0 Å². The summed E-state index contributed by atoms with van der Waals surface area (Å²) in [4.78, 5) is 45.3. The van der Waals surface area contributed by atoms with E-state index in [1.54, 1.807) is 43.4 Å². The molecule has 0 spiro atoms. The van der Waals surface area contributed by atoms with Crippen molar-refractivity contribution in [2.45, 2.75) is 65.1 Å². The zero-order valence-electron chi connectivity index (χ0n) is 19.3. The summed E-state index contributed by atoms with van der Waals surface area (Å²) >= 11 is 0. The highest BCUT2D eigenvalue weighted by molar-refractivity contribution is 5.89. The smallest absolute Gasteiger partial charge is 0.305 e. The summed E-state index contributed by atoms with van der Waals surface area (Å²) in [6.45, 7) is 4.30. The van der Waals surface area contributed by atoms with Gasteiger partial charge in [-0.3, -0.25) is 19.2 Å². The Morgan fingerprint density at radius 3 is 1.94 bits per heavy atom. The van der Waals surface area contributed by atoms with E-state index in [0.717, 1.165) is 12.8 Å². The van der Waals surface area contributed by atoms with Gasteiger partial charge in [-0.15, -0.1) is 0 Å². The fraction of sp³-hybridized carbons (Fsp3) is 0.440. The van der Waals surface area contributed by atoms with Crippen LogP contribution in [0.5, 0.6) is 0 Å². The average Bonchev–Trinajstić information content (AvgIpc) is 2.75. The van der Waals surface area contributed by atoms with E-state index in [4.69, 9.17) is 9.47 Å². The number of carbonyl (C=O) groups is 4. The predicted molar refractivity (Wildman–Crippen MR) is 123 cm³/mol. The zero-order chi connectivity index (χ0) is 24.2. The molecule has 0 amide bonds. The fourth-order valence-corrected chi connectivity index (χ4v) is 2.36. The summed E-state index contributed by atoms with van der Waals surface area (Å²) in [6.07, 6.45) is 18.5. The molecular weight excluding hydrogens is 412 g/mol. The second-order valence-corrected chi connectivity index (χ2v) is 6.70. The lowest BCUT2D eigenvalue weighted by Gasteiger charge is -2.21. The van der Waals surface area contributed by atoms with E-state index < -0.39 is 24.1 Å². The Labute approximate surface area is 190 Å². The third kappa shape index (κ3) is 16.6. The highest BCUT2D eigenvalue weighted by Gasteiger charge is 2.22. The van der Waals surface area contributed by atoms with Gasteiger partial charge in [0.1, 0.15) is 0 Å². The highest BCUT2D eigenvalue weighted by Crippen LogP contribution is 2.10. The Hall–Kier alpha value is -3.22. The molecule has 0 radical (unpaired) electrons. The van der Waals surface area contributed by atoms with Gasteiger partial charge in [-0.1, -0.05) is 49.5 Å². The average molecular weight is 447 g/mol. The van der Waals surface area contributed by atoms with Crippen molar-refractivity contribution in [3.8, 4) is 0 Å². The third-order valence-corrected chi connectivity index (χ3v) is 3.94. The van der Waals surface area contributed by atoms with Crippen LogP contribution in [-0.4, -0.2) is 43.0 Å². The predicted octanol–water partition coefficient (Wildman–Crippen LogP) is 4.34. The summed E-state index contributed by atoms with van der Waals surface area (Å²) in [5, 5.41) is 0. The van der Waals surface area contributed by atoms with Crippen LogP contribution in [0.2, 0.25) is 0 Å². The molecule has 0 aromatic carbocycles. The summed E-state index contributed by atoms with van der Waals surface area (Å²) in [7, 11) is 1.38. The normalized spacial score (nSPS) is 13.9. The van der Waals surface area contributed by atoms with Crippen molar-refractivity contribution >= 4 is 23.7 Å². The van der Waals surface area contributed by atoms with Crippen LogP contribution >= 0.6 is 0 Å². The van der Waals surface area contributed by atoms with Crippen LogP contribution < -0.4 is 0 Å². The van der Waals surface area contributed by atoms with Gasteiger partial charge in [0.2, 0.25) is 0 Å². The minimum absolute atomic E-state index is 0.0298. The monoisotopic (exact) mass is 446 g/mol. The molecule has 0 rings (SSSR count). The summed E-state index contributed by atoms with van der Waals surface area (Å²) in [5.41, 5.74) is 0. The number of esters is 3. The second kappa shape index (κ2) is 18.5. The van der Waals surface area contributed by atoms with Gasteiger partial charge in [-0.2, -0.15) is 0 Å². The summed E-state index contributed by atoms with van der Waals surface area (Å²) in [6, 6.07) is 0. The van der Waals surface area contributed by atoms with Gasteiger partial charge >= 0.3 is 17.9 Å². The molecule has 32 heavy (non-hydrogen) atoms. The Morgan fingerprint density at radius 2 is 1.41 bits per heavy atom. The van der Waals surface area contributed by atoms with Crippen LogP contribution in [0.3, 0.4) is 0 Å². The lowest BCUT2D eigenvalue weighted by Crippen LogP contribution is -2.31. The number of ketones is 1. The van der Waals surface area contributed by atoms with E-state index in [-0.39, 0.29) is 11.8 Å². The van der Waals surface area contributed by atoms with Crippen LogP contribution in [0.25, 0.3) is 0 Å². The van der Waals surface area contributed by atoms with E-state index in [9.17, 15) is 19.2 Å². The van der Waals surface area contributed by atoms with Crippen molar-refractivity contribution < 1.29 is 33.4 Å². The number of unbranched alkanes of at least 4 members (excludes halogenated alkanes) is 1. The first-order valence-corrected chi connectivity index (χ1v) is 10.6. The molecule has 0 aromatic heterocycles. The number of methoxy groups -OCH3 is 1. The van der Waals surface area contributed by atoms with Crippen LogP contribution in [0.1, 0.15) is 52.9 Å². The first kappa shape index (κ1) is 28.8. The van der Waals surface area contributed by atoms with Crippen molar-refractivity contribution in [3.63, 3.8) is 0 Å². The van der Waals surface area contributed by atoms with Crippen molar-refractivity contribution in [2.75, 3.05) is 7.11 Å². The maximum absolute atomic E-state index is 11.5. The van der Waals surface area contributed by atoms with Gasteiger partial charge in [-0.25, -0.2) is 0 Å². The van der Waals surface area contributed by atoms with Gasteiger partial charge in [0, 0.05) is 26.7 Å². The molecule has 2 atom stereocenters. The number of rotatable bonds is 15. The van der Waals surface area contributed by atoms with Crippen molar-refractivity contribution in [3.05, 3.63) is 60.8 Å². The van der Waals surface area contributed by atoms with E-state index in [1.807, 2.05) is 18.2 Å². The van der Waals surface area contributed by atoms with E-state index in [1.165, 1.54) is 27.0 Å². The minimum Gasteiger partial charge on any atom is -0.469 e. The SMILES string of the molecule is CCC(=O)/C=C\C=C/[C@H](OC(C)=O)[C@H](/C=C\C=C/C/C=C\CCCC(=O)OC)OC(C)=O. The Balaban J connectivity index is 4.91. The maximum atomic E-state index is 11.5. The minimum atomic E-state index is -0.836. The molecule has 0 saturated carbocycles. The van der Waals surface area contributed by atoms with E-state index in [2.05, 4.69) is 4.74 Å². The number of ether oxygens (including phenoxy) is 3. The second-order valence-electron chi connectivity index (χ2n) is 6.70. The number of carbonyl (C=O) groups excluding carboxylic acids is 4. The molecule has 0 aromatic rings. The Bertz CT molecular complexity index is 741. The Kier molecular flexibility index (Phi) is 16.7. The Morgan fingerprint density at radius 1 is 0.812 bits per heavy atom. The molecular formula is C25H34O7. The maximum Gasteiger partial charge on any atom is 0.305 e. The molecule has 0 N–H and O–H groups in total. The molecule has 0 fully saturated rings. The quantitative estimate of drug-likeness (QED) is 0.0922. The van der Waals surface area contributed by atoms with Gasteiger partial charge in [0.25, 0.3) is 0 Å². The molecule has 7 heteroatoms. The third-order valence-electron chi connectivity index (χ3n) is 3.94. The standard InChI is InChI=1S/C25H34O7/c1-5-22(28)16-14-15-18-24(32-21(3)27)23(31-20(2)26)17-12-10-8-6-7-9-11-13-19-25(29)30-4/h7-10,12,14-18,23-24H,5-6,11,13,19H2,1-4H3/b9-7-,10-8-,16-14-,17-12-,18-15-/t23-,24-/m0/s1. The van der Waals surface area contributed by atoms with Gasteiger partial charge in [0.15, 0.2) is 18.0 Å². The number of hydrogen-bond donors (Lipinski definition) is 0. The first-order chi connectivity index (χ1) is 15.3. The van der Waals surface area contributed by atoms with Gasteiger partial charge in [-0.05, 0) is 37.5 Å². The molecule has 0 aliphatic rings. The highest BCUT2D eigenvalue weighted by atomic mass is 16.6. The zero-order valence-corrected chi connectivity index (χ0v) is 19.3. The molecule has 7 nitrogen and oxygen atoms in total. The molecule has 0 bridgehead atoms. The van der Waals surface area contributed by atoms with Crippen molar-refractivity contribution in [1.29, 1.82) is 0 Å². The molecule has 0 saturated heterocycles. The fourth-order valence-electron chi connectivity index (χ4n) is 2.36. The van der Waals surface area contributed by atoms with Crippen LogP contribution in [0.15, 0.2) is 60.8 Å². The van der Waals surface area contributed by atoms with Crippen molar-refractivity contribution in [1.82, 2.24) is 0 Å². The molecule has 0 unspecified atom stereocenters. The van der Waals surface area contributed by atoms with E-state index in [0.29, 0.717) is 19.3 Å². The first-order valence-electron chi connectivity index (χ1n) is 10.6. The van der Waals surface area contributed by atoms with Crippen LogP contribution in [-0.2, 0) is 33.4 Å². The van der Waals surface area contributed by atoms with E-state index >= 15 is 0 Å².